The summed E-state index contributed by atoms with van der Waals surface area (Å²) in [7, 11) is 0. The number of hydrogen-bond donors (Lipinski definition) is 1. The van der Waals surface area contributed by atoms with E-state index in [9.17, 15) is 4.79 Å². The molecule has 3 nitrogen and oxygen atoms in total. The van der Waals surface area contributed by atoms with Gasteiger partial charge >= 0.3 is 0 Å². The lowest BCUT2D eigenvalue weighted by Crippen LogP contribution is -2.13. The number of benzene rings is 2. The fraction of sp³-hybridized carbons (Fsp3) is 0.158. The molecule has 0 saturated heterocycles. The molecule has 0 bridgehead atoms. The van der Waals surface area contributed by atoms with Gasteiger partial charge in [-0.05, 0) is 30.2 Å². The summed E-state index contributed by atoms with van der Waals surface area (Å²) in [6, 6.07) is 18.2. The van der Waals surface area contributed by atoms with Gasteiger partial charge in [0.25, 0.3) is 0 Å². The number of aryl methyl sites for hydroxylation is 1. The molecule has 0 fully saturated rings. The van der Waals surface area contributed by atoms with E-state index in [2.05, 4.69) is 17.1 Å². The molecule has 0 aliphatic rings. The van der Waals surface area contributed by atoms with Crippen LogP contribution in [0.4, 0.5) is 0 Å². The molecule has 0 aliphatic carbocycles. The van der Waals surface area contributed by atoms with Crippen LogP contribution >= 0.6 is 34.7 Å². The third kappa shape index (κ3) is 4.63. The zero-order valence-corrected chi connectivity index (χ0v) is 16.0. The Kier molecular flexibility index (Phi) is 5.78. The number of aromatic nitrogens is 1. The number of thiazole rings is 1. The Labute approximate surface area is 160 Å². The van der Waals surface area contributed by atoms with Crippen molar-refractivity contribution in [3.8, 4) is 0 Å². The molecule has 1 aromatic heterocycles. The molecular formula is C19H17ClN2OS2. The number of hydrogen-bond acceptors (Lipinski definition) is 4. The van der Waals surface area contributed by atoms with Crippen LogP contribution in [0.1, 0.15) is 26.9 Å². The van der Waals surface area contributed by atoms with Gasteiger partial charge in [0, 0.05) is 9.90 Å². The number of primary amides is 1. The molecule has 0 unspecified atom stereocenters. The van der Waals surface area contributed by atoms with Gasteiger partial charge in [-0.15, -0.1) is 11.3 Å². The van der Waals surface area contributed by atoms with E-state index in [0.717, 1.165) is 25.5 Å². The molecule has 2 aromatic carbocycles. The lowest BCUT2D eigenvalue weighted by atomic mass is 10.0. The molecule has 128 valence electrons. The molecule has 25 heavy (non-hydrogen) atoms. The Bertz CT molecular complexity index is 863. The number of nitrogens with zero attached hydrogens (tertiary/aromatic N) is 1. The number of carbonyl (C=O) groups is 1. The minimum absolute atomic E-state index is 0.102. The molecule has 0 aliphatic heterocycles. The van der Waals surface area contributed by atoms with E-state index in [0.29, 0.717) is 0 Å². The summed E-state index contributed by atoms with van der Waals surface area (Å²) in [6.07, 6.45) is 0.237. The quantitative estimate of drug-likeness (QED) is 0.603. The number of halogens is 1. The van der Waals surface area contributed by atoms with E-state index in [1.54, 1.807) is 11.8 Å². The largest absolute Gasteiger partial charge is 0.369 e. The molecule has 0 radical (unpaired) electrons. The number of carbonyl (C=O) groups excluding carboxylic acids is 1. The van der Waals surface area contributed by atoms with Crippen molar-refractivity contribution in [1.82, 2.24) is 4.98 Å². The first-order chi connectivity index (χ1) is 12.0. The highest BCUT2D eigenvalue weighted by Crippen LogP contribution is 2.42. The standard InChI is InChI=1S/C19H17ClN2OS2/c1-12-16(11-17(21)23)24-19(22-12)25-18(13-5-3-2-4-6-13)14-7-9-15(20)10-8-14/h2-10,18H,11H2,1H3,(H2,21,23)/t18-/m1/s1. The molecule has 3 aromatic rings. The number of amides is 1. The molecule has 2 N–H and O–H groups in total. The Morgan fingerprint density at radius 2 is 1.80 bits per heavy atom. The van der Waals surface area contributed by atoms with Crippen LogP contribution < -0.4 is 5.73 Å². The third-order valence-corrected chi connectivity index (χ3v) is 6.52. The van der Waals surface area contributed by atoms with Crippen LogP contribution in [0.5, 0.6) is 0 Å². The van der Waals surface area contributed by atoms with Crippen molar-refractivity contribution in [2.75, 3.05) is 0 Å². The monoisotopic (exact) mass is 388 g/mol. The third-order valence-electron chi connectivity index (χ3n) is 3.70. The molecular weight excluding hydrogens is 372 g/mol. The Balaban J connectivity index is 1.93. The van der Waals surface area contributed by atoms with E-state index in [-0.39, 0.29) is 17.6 Å². The molecule has 1 heterocycles. The van der Waals surface area contributed by atoms with Crippen molar-refractivity contribution in [3.05, 3.63) is 81.3 Å². The predicted molar refractivity (Wildman–Crippen MR) is 105 cm³/mol. The fourth-order valence-corrected chi connectivity index (χ4v) is 5.16. The average molecular weight is 389 g/mol. The normalized spacial score (nSPS) is 12.1. The Hall–Kier alpha value is -1.82. The molecule has 3 rings (SSSR count). The lowest BCUT2D eigenvalue weighted by molar-refractivity contribution is -0.117. The zero-order valence-electron chi connectivity index (χ0n) is 13.6. The summed E-state index contributed by atoms with van der Waals surface area (Å²) in [5, 5.41) is 0.819. The molecule has 0 saturated carbocycles. The maximum Gasteiger partial charge on any atom is 0.222 e. The maximum absolute atomic E-state index is 11.2. The van der Waals surface area contributed by atoms with Gasteiger partial charge < -0.3 is 5.73 Å². The molecule has 0 spiro atoms. The minimum atomic E-state index is -0.333. The smallest absolute Gasteiger partial charge is 0.222 e. The first kappa shape index (κ1) is 18.0. The highest BCUT2D eigenvalue weighted by atomic mass is 35.5. The van der Waals surface area contributed by atoms with E-state index < -0.39 is 0 Å². The Morgan fingerprint density at radius 1 is 1.16 bits per heavy atom. The second-order valence-electron chi connectivity index (χ2n) is 5.59. The fourth-order valence-electron chi connectivity index (χ4n) is 2.47. The zero-order chi connectivity index (χ0) is 17.8. The van der Waals surface area contributed by atoms with Gasteiger partial charge in [0.05, 0.1) is 17.4 Å². The van der Waals surface area contributed by atoms with E-state index in [4.69, 9.17) is 17.3 Å². The van der Waals surface area contributed by atoms with Crippen molar-refractivity contribution < 1.29 is 4.79 Å². The topological polar surface area (TPSA) is 56.0 Å². The van der Waals surface area contributed by atoms with Gasteiger partial charge in [-0.3, -0.25) is 4.79 Å². The van der Waals surface area contributed by atoms with Crippen LogP contribution in [0, 0.1) is 6.92 Å². The number of nitrogens with two attached hydrogens (primary N) is 1. The summed E-state index contributed by atoms with van der Waals surface area (Å²) in [5.74, 6) is -0.333. The van der Waals surface area contributed by atoms with Crippen molar-refractivity contribution in [2.45, 2.75) is 22.9 Å². The second-order valence-corrected chi connectivity index (χ2v) is 8.46. The van der Waals surface area contributed by atoms with E-state index in [1.807, 2.05) is 49.4 Å². The van der Waals surface area contributed by atoms with Crippen LogP contribution in [0.3, 0.4) is 0 Å². The van der Waals surface area contributed by atoms with E-state index in [1.165, 1.54) is 16.9 Å². The van der Waals surface area contributed by atoms with Crippen LogP contribution in [0.15, 0.2) is 58.9 Å². The van der Waals surface area contributed by atoms with Crippen molar-refractivity contribution in [3.63, 3.8) is 0 Å². The van der Waals surface area contributed by atoms with Gasteiger partial charge in [0.15, 0.2) is 4.34 Å². The first-order valence-electron chi connectivity index (χ1n) is 7.74. The van der Waals surface area contributed by atoms with Crippen molar-refractivity contribution >= 4 is 40.6 Å². The summed E-state index contributed by atoms with van der Waals surface area (Å²) in [6.45, 7) is 1.92. The van der Waals surface area contributed by atoms with Gasteiger partial charge in [0.2, 0.25) is 5.91 Å². The van der Waals surface area contributed by atoms with Gasteiger partial charge in [-0.2, -0.15) is 0 Å². The summed E-state index contributed by atoms with van der Waals surface area (Å²) < 4.78 is 0.928. The van der Waals surface area contributed by atoms with Crippen LogP contribution in [0.25, 0.3) is 0 Å². The predicted octanol–water partition coefficient (Wildman–Crippen LogP) is 5.01. The van der Waals surface area contributed by atoms with Gasteiger partial charge in [-0.1, -0.05) is 65.8 Å². The van der Waals surface area contributed by atoms with Crippen LogP contribution in [0.2, 0.25) is 5.02 Å². The van der Waals surface area contributed by atoms with Gasteiger partial charge in [0.1, 0.15) is 0 Å². The average Bonchev–Trinajstić information content (AvgIpc) is 2.93. The Morgan fingerprint density at radius 3 is 2.44 bits per heavy atom. The maximum atomic E-state index is 11.2. The highest BCUT2D eigenvalue weighted by Gasteiger charge is 2.19. The van der Waals surface area contributed by atoms with E-state index >= 15 is 0 Å². The SMILES string of the molecule is Cc1nc(S[C@H](c2ccccc2)c2ccc(Cl)cc2)sc1CC(N)=O. The van der Waals surface area contributed by atoms with Gasteiger partial charge in [-0.25, -0.2) is 4.98 Å². The summed E-state index contributed by atoms with van der Waals surface area (Å²) in [4.78, 5) is 16.8. The molecule has 1 atom stereocenters. The second kappa shape index (κ2) is 8.04. The number of thioether (sulfide) groups is 1. The first-order valence-corrected chi connectivity index (χ1v) is 9.82. The van der Waals surface area contributed by atoms with Crippen molar-refractivity contribution in [2.24, 2.45) is 5.73 Å². The van der Waals surface area contributed by atoms with Crippen LogP contribution in [-0.2, 0) is 11.2 Å². The molecule has 6 heteroatoms. The van der Waals surface area contributed by atoms with Crippen molar-refractivity contribution in [1.29, 1.82) is 0 Å². The van der Waals surface area contributed by atoms with Crippen LogP contribution in [-0.4, -0.2) is 10.9 Å². The lowest BCUT2D eigenvalue weighted by Gasteiger charge is -2.16. The highest BCUT2D eigenvalue weighted by molar-refractivity contribution is 8.01. The number of rotatable bonds is 6. The minimum Gasteiger partial charge on any atom is -0.369 e. The summed E-state index contributed by atoms with van der Waals surface area (Å²) >= 11 is 9.24. The molecule has 1 amide bonds. The summed E-state index contributed by atoms with van der Waals surface area (Å²) in [5.41, 5.74) is 8.54.